The summed E-state index contributed by atoms with van der Waals surface area (Å²) in [6.45, 7) is 1.81. The van der Waals surface area contributed by atoms with Gasteiger partial charge in [0.25, 0.3) is 0 Å². The van der Waals surface area contributed by atoms with Crippen LogP contribution in [0.3, 0.4) is 0 Å². The maximum absolute atomic E-state index is 11.1. The molecule has 2 aliphatic rings. The Hall–Kier alpha value is -0.900. The highest BCUT2D eigenvalue weighted by atomic mass is 16.6. The number of cyclic esters (lactones) is 2. The Morgan fingerprint density at radius 3 is 2.15 bits per heavy atom. The minimum Gasteiger partial charge on any atom is -0.393 e. The van der Waals surface area contributed by atoms with Crippen molar-refractivity contribution < 1.29 is 14.3 Å². The minimum atomic E-state index is -0.349. The molecule has 4 nitrogen and oxygen atoms in total. The van der Waals surface area contributed by atoms with Gasteiger partial charge in [0, 0.05) is 0 Å². The van der Waals surface area contributed by atoms with E-state index in [0.717, 1.165) is 25.9 Å². The Labute approximate surface area is 76.6 Å². The van der Waals surface area contributed by atoms with E-state index in [1.165, 1.54) is 0 Å². The Balaban J connectivity index is 2.11. The molecule has 1 spiro atoms. The molecule has 2 fully saturated rings. The van der Waals surface area contributed by atoms with Crippen LogP contribution in [-0.2, 0) is 14.3 Å². The summed E-state index contributed by atoms with van der Waals surface area (Å²) in [5.74, 6) is -0.698. The van der Waals surface area contributed by atoms with Gasteiger partial charge in [-0.3, -0.25) is 9.59 Å². The summed E-state index contributed by atoms with van der Waals surface area (Å²) in [5.41, 5.74) is -0.0856. The molecule has 0 amide bonds. The molecule has 0 aromatic carbocycles. The number of nitrogens with one attached hydrogen (secondary N) is 1. The van der Waals surface area contributed by atoms with Crippen LogP contribution in [0.1, 0.15) is 25.7 Å². The van der Waals surface area contributed by atoms with E-state index in [9.17, 15) is 9.59 Å². The number of hydrogen-bond acceptors (Lipinski definition) is 4. The van der Waals surface area contributed by atoms with Gasteiger partial charge in [0.15, 0.2) is 0 Å². The van der Waals surface area contributed by atoms with Crippen molar-refractivity contribution in [2.75, 3.05) is 13.1 Å². The molecule has 4 heteroatoms. The van der Waals surface area contributed by atoms with Gasteiger partial charge in [-0.05, 0) is 31.3 Å². The first-order valence-electron chi connectivity index (χ1n) is 4.64. The van der Waals surface area contributed by atoms with Crippen LogP contribution in [-0.4, -0.2) is 25.0 Å². The highest BCUT2D eigenvalue weighted by molar-refractivity contribution is 5.89. The third-order valence-corrected chi connectivity index (χ3v) is 2.93. The van der Waals surface area contributed by atoms with Gasteiger partial charge in [0.2, 0.25) is 0 Å². The zero-order valence-corrected chi connectivity index (χ0v) is 7.47. The fraction of sp³-hybridized carbons (Fsp3) is 0.778. The van der Waals surface area contributed by atoms with E-state index in [4.69, 9.17) is 0 Å². The topological polar surface area (TPSA) is 55.4 Å². The molecule has 72 valence electrons. The van der Waals surface area contributed by atoms with Crippen LogP contribution in [0.25, 0.3) is 0 Å². The number of rotatable bonds is 0. The summed E-state index contributed by atoms with van der Waals surface area (Å²) in [7, 11) is 0. The quantitative estimate of drug-likeness (QED) is 0.431. The van der Waals surface area contributed by atoms with Crippen LogP contribution in [0.15, 0.2) is 0 Å². The van der Waals surface area contributed by atoms with Crippen LogP contribution < -0.4 is 5.32 Å². The lowest BCUT2D eigenvalue weighted by molar-refractivity contribution is -0.170. The van der Waals surface area contributed by atoms with Crippen molar-refractivity contribution in [1.82, 2.24) is 5.32 Å². The fourth-order valence-corrected chi connectivity index (χ4v) is 2.18. The largest absolute Gasteiger partial charge is 0.393 e. The maximum atomic E-state index is 11.1. The van der Waals surface area contributed by atoms with E-state index < -0.39 is 0 Å². The van der Waals surface area contributed by atoms with Gasteiger partial charge in [-0.15, -0.1) is 0 Å². The summed E-state index contributed by atoms with van der Waals surface area (Å²) < 4.78 is 4.52. The molecule has 0 saturated carbocycles. The maximum Gasteiger partial charge on any atom is 0.314 e. The number of hydrogen-bond donors (Lipinski definition) is 1. The van der Waals surface area contributed by atoms with Gasteiger partial charge in [-0.2, -0.15) is 0 Å². The van der Waals surface area contributed by atoms with Gasteiger partial charge in [0.05, 0.1) is 12.8 Å². The third kappa shape index (κ3) is 1.72. The number of ether oxygens (including phenoxy) is 1. The fourth-order valence-electron chi connectivity index (χ4n) is 2.18. The van der Waals surface area contributed by atoms with Crippen molar-refractivity contribution in [3.05, 3.63) is 0 Å². The lowest BCUT2D eigenvalue weighted by Crippen LogP contribution is -2.43. The predicted octanol–water partition coefficient (Wildman–Crippen LogP) is 0.220. The number of carbonyl (C=O) groups is 2. The normalized spacial score (nSPS) is 27.4. The van der Waals surface area contributed by atoms with Crippen molar-refractivity contribution in [3.63, 3.8) is 0 Å². The molecule has 1 N–H and O–H groups in total. The molecule has 0 unspecified atom stereocenters. The van der Waals surface area contributed by atoms with E-state index in [1.54, 1.807) is 0 Å². The second-order valence-corrected chi connectivity index (χ2v) is 3.95. The first kappa shape index (κ1) is 8.69. The predicted molar refractivity (Wildman–Crippen MR) is 44.9 cm³/mol. The molecule has 0 aromatic heterocycles. The Bertz CT molecular complexity index is 225. The summed E-state index contributed by atoms with van der Waals surface area (Å²) in [6, 6.07) is 0. The standard InChI is InChI=1S/C9H13NO3/c11-7-5-9(6-8(12)13-7)1-3-10-4-2-9/h10H,1-6H2. The van der Waals surface area contributed by atoms with Gasteiger partial charge in [-0.1, -0.05) is 0 Å². The van der Waals surface area contributed by atoms with Crippen LogP contribution in [0.5, 0.6) is 0 Å². The average molecular weight is 183 g/mol. The van der Waals surface area contributed by atoms with Crippen LogP contribution in [0.2, 0.25) is 0 Å². The monoisotopic (exact) mass is 183 g/mol. The average Bonchev–Trinajstić information content (AvgIpc) is 2.02. The lowest BCUT2D eigenvalue weighted by atomic mass is 9.72. The molecule has 0 bridgehead atoms. The van der Waals surface area contributed by atoms with Gasteiger partial charge in [-0.25, -0.2) is 0 Å². The van der Waals surface area contributed by atoms with Crippen LogP contribution in [0, 0.1) is 5.41 Å². The number of piperidine rings is 1. The Morgan fingerprint density at radius 1 is 1.08 bits per heavy atom. The molecule has 0 aromatic rings. The van der Waals surface area contributed by atoms with E-state index in [0.29, 0.717) is 12.8 Å². The second kappa shape index (κ2) is 3.10. The zero-order valence-electron chi connectivity index (χ0n) is 7.47. The summed E-state index contributed by atoms with van der Waals surface area (Å²) in [4.78, 5) is 22.2. The highest BCUT2D eigenvalue weighted by Gasteiger charge is 2.41. The van der Waals surface area contributed by atoms with Gasteiger partial charge < -0.3 is 10.1 Å². The van der Waals surface area contributed by atoms with Gasteiger partial charge >= 0.3 is 11.9 Å². The molecule has 2 heterocycles. The molecular weight excluding hydrogens is 170 g/mol. The molecular formula is C9H13NO3. The van der Waals surface area contributed by atoms with Crippen LogP contribution >= 0.6 is 0 Å². The molecule has 2 aliphatic heterocycles. The molecule has 2 saturated heterocycles. The SMILES string of the molecule is O=C1CC2(CCNCC2)CC(=O)O1. The highest BCUT2D eigenvalue weighted by Crippen LogP contribution is 2.39. The van der Waals surface area contributed by atoms with Crippen molar-refractivity contribution in [3.8, 4) is 0 Å². The van der Waals surface area contributed by atoms with Crippen LogP contribution in [0.4, 0.5) is 0 Å². The van der Waals surface area contributed by atoms with E-state index in [2.05, 4.69) is 10.1 Å². The van der Waals surface area contributed by atoms with Crippen molar-refractivity contribution in [2.45, 2.75) is 25.7 Å². The third-order valence-electron chi connectivity index (χ3n) is 2.93. The minimum absolute atomic E-state index is 0.0856. The molecule has 0 aliphatic carbocycles. The summed E-state index contributed by atoms with van der Waals surface area (Å²) >= 11 is 0. The molecule has 13 heavy (non-hydrogen) atoms. The molecule has 2 rings (SSSR count). The van der Waals surface area contributed by atoms with Crippen molar-refractivity contribution in [2.24, 2.45) is 5.41 Å². The van der Waals surface area contributed by atoms with E-state index >= 15 is 0 Å². The Kier molecular flexibility index (Phi) is 2.07. The van der Waals surface area contributed by atoms with Gasteiger partial charge in [0.1, 0.15) is 0 Å². The first-order valence-corrected chi connectivity index (χ1v) is 4.64. The number of esters is 2. The molecule has 0 atom stereocenters. The van der Waals surface area contributed by atoms with Crippen molar-refractivity contribution in [1.29, 1.82) is 0 Å². The summed E-state index contributed by atoms with van der Waals surface area (Å²) in [5, 5.41) is 3.22. The van der Waals surface area contributed by atoms with E-state index in [1.807, 2.05) is 0 Å². The first-order chi connectivity index (χ1) is 6.20. The van der Waals surface area contributed by atoms with E-state index in [-0.39, 0.29) is 17.4 Å². The lowest BCUT2D eigenvalue weighted by Gasteiger charge is -2.38. The van der Waals surface area contributed by atoms with Crippen molar-refractivity contribution >= 4 is 11.9 Å². The molecule has 0 radical (unpaired) electrons. The zero-order chi connectivity index (χ0) is 9.31. The Morgan fingerprint density at radius 2 is 1.62 bits per heavy atom. The second-order valence-electron chi connectivity index (χ2n) is 3.95. The smallest absolute Gasteiger partial charge is 0.314 e. The summed E-state index contributed by atoms with van der Waals surface area (Å²) in [6.07, 6.45) is 2.66. The number of carbonyl (C=O) groups excluding carboxylic acids is 2.